The number of pyridine rings is 1. The zero-order valence-corrected chi connectivity index (χ0v) is 16.6. The van der Waals surface area contributed by atoms with Crippen molar-refractivity contribution < 1.29 is 17.3 Å². The molecule has 4 rings (SSSR count). The summed E-state index contributed by atoms with van der Waals surface area (Å²) in [4.78, 5) is 8.16. The molecular weight excluding hydrogens is 395 g/mol. The number of aryl methyl sites for hydroxylation is 1. The SMILES string of the molecule is O=S(=O)(c1ccccc1F)N1CCCC(CCc2noc(-c3cccnc3)n2)C1. The van der Waals surface area contributed by atoms with Gasteiger partial charge in [0.25, 0.3) is 5.89 Å². The Hall–Kier alpha value is -2.65. The minimum atomic E-state index is -3.84. The van der Waals surface area contributed by atoms with Gasteiger partial charge in [0.1, 0.15) is 10.7 Å². The average Bonchev–Trinajstić information content (AvgIpc) is 3.22. The van der Waals surface area contributed by atoms with Gasteiger partial charge in [0.05, 0.1) is 5.56 Å². The van der Waals surface area contributed by atoms with Gasteiger partial charge in [-0.05, 0) is 49.4 Å². The van der Waals surface area contributed by atoms with E-state index in [-0.39, 0.29) is 10.8 Å². The lowest BCUT2D eigenvalue weighted by atomic mass is 9.94. The molecular formula is C20H21FN4O3S. The van der Waals surface area contributed by atoms with Crippen molar-refractivity contribution in [3.63, 3.8) is 0 Å². The third kappa shape index (κ3) is 4.35. The fourth-order valence-electron chi connectivity index (χ4n) is 3.57. The highest BCUT2D eigenvalue weighted by Crippen LogP contribution is 2.27. The van der Waals surface area contributed by atoms with Gasteiger partial charge in [-0.15, -0.1) is 0 Å². The van der Waals surface area contributed by atoms with Crippen LogP contribution in [0.2, 0.25) is 0 Å². The van der Waals surface area contributed by atoms with Crippen LogP contribution in [0.25, 0.3) is 11.5 Å². The highest BCUT2D eigenvalue weighted by atomic mass is 32.2. The summed E-state index contributed by atoms with van der Waals surface area (Å²) >= 11 is 0. The molecule has 0 amide bonds. The van der Waals surface area contributed by atoms with E-state index in [2.05, 4.69) is 15.1 Å². The fraction of sp³-hybridized carbons (Fsp3) is 0.350. The first-order valence-corrected chi connectivity index (χ1v) is 11.0. The quantitative estimate of drug-likeness (QED) is 0.613. The van der Waals surface area contributed by atoms with Crippen LogP contribution in [-0.2, 0) is 16.4 Å². The van der Waals surface area contributed by atoms with E-state index in [0.29, 0.717) is 31.2 Å². The summed E-state index contributed by atoms with van der Waals surface area (Å²) in [6.07, 6.45) is 6.30. The molecule has 0 aliphatic carbocycles. The molecule has 1 fully saturated rings. The number of halogens is 1. The number of piperidine rings is 1. The summed E-state index contributed by atoms with van der Waals surface area (Å²) in [7, 11) is -3.84. The van der Waals surface area contributed by atoms with Gasteiger partial charge >= 0.3 is 0 Å². The fourth-order valence-corrected chi connectivity index (χ4v) is 5.19. The molecule has 1 aliphatic rings. The number of sulfonamides is 1. The molecule has 0 spiro atoms. The third-order valence-corrected chi connectivity index (χ3v) is 6.99. The first-order valence-electron chi connectivity index (χ1n) is 9.52. The van der Waals surface area contributed by atoms with Gasteiger partial charge in [0.15, 0.2) is 5.82 Å². The second-order valence-corrected chi connectivity index (χ2v) is 9.00. The van der Waals surface area contributed by atoms with Crippen molar-refractivity contribution in [2.45, 2.75) is 30.6 Å². The molecule has 1 saturated heterocycles. The second kappa shape index (κ2) is 8.38. The molecule has 0 bridgehead atoms. The van der Waals surface area contributed by atoms with Gasteiger partial charge in [0, 0.05) is 31.9 Å². The lowest BCUT2D eigenvalue weighted by Gasteiger charge is -2.31. The first-order chi connectivity index (χ1) is 14.0. The number of nitrogens with zero attached hydrogens (tertiary/aromatic N) is 4. The van der Waals surface area contributed by atoms with Gasteiger partial charge in [0.2, 0.25) is 10.0 Å². The predicted molar refractivity (Wildman–Crippen MR) is 104 cm³/mol. The monoisotopic (exact) mass is 416 g/mol. The van der Waals surface area contributed by atoms with Gasteiger partial charge in [-0.25, -0.2) is 12.8 Å². The van der Waals surface area contributed by atoms with E-state index in [1.54, 1.807) is 18.5 Å². The van der Waals surface area contributed by atoms with Crippen molar-refractivity contribution in [3.05, 3.63) is 60.4 Å². The van der Waals surface area contributed by atoms with E-state index in [4.69, 9.17) is 4.52 Å². The largest absolute Gasteiger partial charge is 0.334 e. The lowest BCUT2D eigenvalue weighted by molar-refractivity contribution is 0.254. The average molecular weight is 416 g/mol. The maximum Gasteiger partial charge on any atom is 0.259 e. The van der Waals surface area contributed by atoms with Gasteiger partial charge in [-0.2, -0.15) is 9.29 Å². The van der Waals surface area contributed by atoms with E-state index in [1.165, 1.54) is 28.6 Å². The van der Waals surface area contributed by atoms with E-state index in [1.807, 2.05) is 6.07 Å². The van der Waals surface area contributed by atoms with Gasteiger partial charge in [-0.3, -0.25) is 4.98 Å². The maximum atomic E-state index is 14.0. The molecule has 2 aromatic heterocycles. The Kier molecular flexibility index (Phi) is 5.68. The van der Waals surface area contributed by atoms with Crippen LogP contribution in [0.1, 0.15) is 25.1 Å². The van der Waals surface area contributed by atoms with Crippen molar-refractivity contribution in [3.8, 4) is 11.5 Å². The van der Waals surface area contributed by atoms with Crippen LogP contribution in [0, 0.1) is 11.7 Å². The molecule has 1 unspecified atom stereocenters. The number of hydrogen-bond donors (Lipinski definition) is 0. The Labute approximate surface area is 168 Å². The Morgan fingerprint density at radius 1 is 1.21 bits per heavy atom. The molecule has 1 aliphatic heterocycles. The van der Waals surface area contributed by atoms with Gasteiger partial charge < -0.3 is 4.52 Å². The predicted octanol–water partition coefficient (Wildman–Crippen LogP) is 3.30. The van der Waals surface area contributed by atoms with Crippen LogP contribution in [0.4, 0.5) is 4.39 Å². The number of rotatable bonds is 6. The minimum Gasteiger partial charge on any atom is -0.334 e. The van der Waals surface area contributed by atoms with Crippen LogP contribution < -0.4 is 0 Å². The highest BCUT2D eigenvalue weighted by molar-refractivity contribution is 7.89. The second-order valence-electron chi connectivity index (χ2n) is 7.10. The summed E-state index contributed by atoms with van der Waals surface area (Å²) in [6, 6.07) is 9.15. The van der Waals surface area contributed by atoms with Crippen molar-refractivity contribution in [1.82, 2.24) is 19.4 Å². The summed E-state index contributed by atoms with van der Waals surface area (Å²) in [5.74, 6) is 0.438. The number of aromatic nitrogens is 3. The molecule has 0 radical (unpaired) electrons. The van der Waals surface area contributed by atoms with E-state index in [9.17, 15) is 12.8 Å². The van der Waals surface area contributed by atoms with Crippen LogP contribution in [0.3, 0.4) is 0 Å². The van der Waals surface area contributed by atoms with E-state index in [0.717, 1.165) is 24.8 Å². The molecule has 29 heavy (non-hydrogen) atoms. The molecule has 7 nitrogen and oxygen atoms in total. The lowest BCUT2D eigenvalue weighted by Crippen LogP contribution is -2.40. The summed E-state index contributed by atoms with van der Waals surface area (Å²) in [5.41, 5.74) is 0.756. The molecule has 0 saturated carbocycles. The molecule has 3 aromatic rings. The van der Waals surface area contributed by atoms with Crippen molar-refractivity contribution in [2.24, 2.45) is 5.92 Å². The minimum absolute atomic E-state index is 0.158. The van der Waals surface area contributed by atoms with Crippen LogP contribution >= 0.6 is 0 Å². The smallest absolute Gasteiger partial charge is 0.259 e. The Bertz CT molecular complexity index is 1070. The molecule has 1 atom stereocenters. The Morgan fingerprint density at radius 2 is 2.07 bits per heavy atom. The van der Waals surface area contributed by atoms with Crippen LogP contribution in [0.15, 0.2) is 58.2 Å². The molecule has 9 heteroatoms. The van der Waals surface area contributed by atoms with Crippen molar-refractivity contribution >= 4 is 10.0 Å². The van der Waals surface area contributed by atoms with E-state index < -0.39 is 15.8 Å². The van der Waals surface area contributed by atoms with Crippen molar-refractivity contribution in [1.29, 1.82) is 0 Å². The summed E-state index contributed by atoms with van der Waals surface area (Å²) in [6.45, 7) is 0.768. The molecule has 3 heterocycles. The standard InChI is InChI=1S/C20H21FN4O3S/c21-17-7-1-2-8-18(17)29(26,27)25-12-4-5-15(14-25)9-10-19-23-20(28-24-19)16-6-3-11-22-13-16/h1-3,6-8,11,13,15H,4-5,9-10,12,14H2. The topological polar surface area (TPSA) is 89.2 Å². The maximum absolute atomic E-state index is 14.0. The Morgan fingerprint density at radius 3 is 2.86 bits per heavy atom. The first kappa shape index (κ1) is 19.7. The Balaban J connectivity index is 1.40. The van der Waals surface area contributed by atoms with Crippen molar-refractivity contribution in [2.75, 3.05) is 13.1 Å². The van der Waals surface area contributed by atoms with Gasteiger partial charge in [-0.1, -0.05) is 17.3 Å². The summed E-state index contributed by atoms with van der Waals surface area (Å²) < 4.78 is 46.3. The van der Waals surface area contributed by atoms with Crippen LogP contribution in [-0.4, -0.2) is 40.9 Å². The number of hydrogen-bond acceptors (Lipinski definition) is 6. The van der Waals surface area contributed by atoms with E-state index >= 15 is 0 Å². The number of benzene rings is 1. The molecule has 1 aromatic carbocycles. The highest BCUT2D eigenvalue weighted by Gasteiger charge is 2.32. The normalized spacial score (nSPS) is 18.0. The third-order valence-electron chi connectivity index (χ3n) is 5.09. The molecule has 152 valence electrons. The summed E-state index contributed by atoms with van der Waals surface area (Å²) in [5, 5.41) is 4.01. The molecule has 0 N–H and O–H groups in total. The zero-order chi connectivity index (χ0) is 20.3. The van der Waals surface area contributed by atoms with Crippen LogP contribution in [0.5, 0.6) is 0 Å². The zero-order valence-electron chi connectivity index (χ0n) is 15.7.